The lowest BCUT2D eigenvalue weighted by Crippen LogP contribution is -2.19. The molecule has 32 heavy (non-hydrogen) atoms. The van der Waals surface area contributed by atoms with E-state index in [1.807, 2.05) is 31.2 Å². The number of phenols is 1. The number of hydrogen-bond acceptors (Lipinski definition) is 10. The molecule has 0 spiro atoms. The Labute approximate surface area is 181 Å². The minimum atomic E-state index is -0.638. The molecule has 12 heteroatoms. The van der Waals surface area contributed by atoms with E-state index in [0.717, 1.165) is 5.56 Å². The summed E-state index contributed by atoms with van der Waals surface area (Å²) in [5.41, 5.74) is 10.5. The second kappa shape index (κ2) is 8.55. The van der Waals surface area contributed by atoms with E-state index in [0.29, 0.717) is 16.8 Å². The van der Waals surface area contributed by atoms with Crippen molar-refractivity contribution in [2.24, 2.45) is 5.10 Å². The molecule has 2 aromatic carbocycles. The molecule has 0 aliphatic carbocycles. The summed E-state index contributed by atoms with van der Waals surface area (Å²) < 4.78 is 11.0. The van der Waals surface area contributed by atoms with Crippen LogP contribution in [-0.2, 0) is 0 Å². The van der Waals surface area contributed by atoms with Crippen LogP contribution in [0.4, 0.5) is 5.82 Å². The van der Waals surface area contributed by atoms with Gasteiger partial charge in [0.15, 0.2) is 17.2 Å². The van der Waals surface area contributed by atoms with Crippen molar-refractivity contribution in [2.45, 2.75) is 6.92 Å². The van der Waals surface area contributed by atoms with Crippen LogP contribution in [-0.4, -0.2) is 49.6 Å². The number of ether oxygens (including phenoxy) is 1. The first-order valence-electron chi connectivity index (χ1n) is 9.30. The second-order valence-corrected chi connectivity index (χ2v) is 6.63. The number of aromatic nitrogens is 5. The number of hydrazone groups is 1. The number of nitrogen functional groups attached to an aromatic ring is 1. The number of nitrogens with two attached hydrogens (primary N) is 1. The Morgan fingerprint density at radius 1 is 1.25 bits per heavy atom. The first kappa shape index (κ1) is 20.5. The number of benzene rings is 2. The predicted molar refractivity (Wildman–Crippen MR) is 114 cm³/mol. The summed E-state index contributed by atoms with van der Waals surface area (Å²) in [7, 11) is 1.44. The molecule has 2 heterocycles. The van der Waals surface area contributed by atoms with Crippen LogP contribution in [0.5, 0.6) is 11.5 Å². The Morgan fingerprint density at radius 2 is 2.03 bits per heavy atom. The number of rotatable bonds is 6. The van der Waals surface area contributed by atoms with E-state index >= 15 is 0 Å². The third-order valence-corrected chi connectivity index (χ3v) is 4.53. The fraction of sp³-hybridized carbons (Fsp3) is 0.100. The van der Waals surface area contributed by atoms with Crippen LogP contribution in [0.15, 0.2) is 52.2 Å². The van der Waals surface area contributed by atoms with Gasteiger partial charge in [-0.2, -0.15) is 9.78 Å². The summed E-state index contributed by atoms with van der Waals surface area (Å²) in [5.74, 6) is -0.379. The van der Waals surface area contributed by atoms with E-state index in [1.165, 1.54) is 18.0 Å². The van der Waals surface area contributed by atoms with E-state index in [4.69, 9.17) is 10.5 Å². The van der Waals surface area contributed by atoms with Crippen molar-refractivity contribution < 1.29 is 19.3 Å². The van der Waals surface area contributed by atoms with Gasteiger partial charge in [-0.1, -0.05) is 41.1 Å². The molecule has 1 amide bonds. The molecule has 4 N–H and O–H groups in total. The number of methoxy groups -OCH3 is 1. The van der Waals surface area contributed by atoms with Crippen LogP contribution >= 0.6 is 0 Å². The Kier molecular flexibility index (Phi) is 5.49. The van der Waals surface area contributed by atoms with Crippen LogP contribution < -0.4 is 15.9 Å². The van der Waals surface area contributed by atoms with Gasteiger partial charge < -0.3 is 15.6 Å². The molecule has 0 aliphatic rings. The number of amides is 1. The average molecular weight is 434 g/mol. The number of carbonyl (C=O) groups excluding carboxylic acids is 1. The number of carbonyl (C=O) groups is 1. The third-order valence-electron chi connectivity index (χ3n) is 4.53. The number of para-hydroxylation sites is 1. The molecular weight excluding hydrogens is 416 g/mol. The summed E-state index contributed by atoms with van der Waals surface area (Å²) in [5, 5.41) is 29.3. The molecule has 4 aromatic rings. The number of nitrogens with zero attached hydrogens (tertiary/aromatic N) is 6. The standard InChI is InChI=1S/C20H18N8O4/c1-11-6-8-12(9-7-11)16-15(23-27-28(16)19-18(21)25-32-26-19)20(30)24-22-10-13-4-3-5-14(31-2)17(13)29/h3-10,29H,1-2H3,(H2,21,25)(H,24,30)/b22-10+. The van der Waals surface area contributed by atoms with Crippen LogP contribution in [0, 0.1) is 6.92 Å². The van der Waals surface area contributed by atoms with Crippen molar-refractivity contribution >= 4 is 17.9 Å². The summed E-state index contributed by atoms with van der Waals surface area (Å²) >= 11 is 0. The molecule has 0 radical (unpaired) electrons. The van der Waals surface area contributed by atoms with Crippen molar-refractivity contribution in [3.63, 3.8) is 0 Å². The van der Waals surface area contributed by atoms with Crippen molar-refractivity contribution in [2.75, 3.05) is 12.8 Å². The molecule has 12 nitrogen and oxygen atoms in total. The number of aromatic hydroxyl groups is 1. The maximum atomic E-state index is 12.9. The quantitative estimate of drug-likeness (QED) is 0.302. The van der Waals surface area contributed by atoms with Gasteiger partial charge in [0.1, 0.15) is 5.69 Å². The van der Waals surface area contributed by atoms with E-state index in [1.54, 1.807) is 18.2 Å². The third kappa shape index (κ3) is 3.84. The largest absolute Gasteiger partial charge is 0.504 e. The number of anilines is 1. The number of nitrogens with one attached hydrogen (secondary N) is 1. The van der Waals surface area contributed by atoms with Gasteiger partial charge in [0.25, 0.3) is 5.91 Å². The van der Waals surface area contributed by atoms with Crippen LogP contribution in [0.2, 0.25) is 0 Å². The van der Waals surface area contributed by atoms with Gasteiger partial charge in [0, 0.05) is 11.1 Å². The molecule has 2 aromatic heterocycles. The fourth-order valence-electron chi connectivity index (χ4n) is 2.91. The van der Waals surface area contributed by atoms with Gasteiger partial charge in [-0.25, -0.2) is 10.1 Å². The van der Waals surface area contributed by atoms with Gasteiger partial charge in [-0.15, -0.1) is 5.10 Å². The zero-order valence-electron chi connectivity index (χ0n) is 17.1. The van der Waals surface area contributed by atoms with Gasteiger partial charge in [0.05, 0.1) is 13.3 Å². The molecule has 0 fully saturated rings. The molecular formula is C20H18N8O4. The second-order valence-electron chi connectivity index (χ2n) is 6.63. The molecule has 0 saturated carbocycles. The Bertz CT molecular complexity index is 1290. The summed E-state index contributed by atoms with van der Waals surface area (Å²) in [6.45, 7) is 1.94. The highest BCUT2D eigenvalue weighted by molar-refractivity contribution is 5.99. The van der Waals surface area contributed by atoms with Crippen molar-refractivity contribution in [1.82, 2.24) is 30.7 Å². The molecule has 0 atom stereocenters. The molecule has 162 valence electrons. The van der Waals surface area contributed by atoms with E-state index in [9.17, 15) is 9.90 Å². The lowest BCUT2D eigenvalue weighted by atomic mass is 10.1. The Hall–Kier alpha value is -4.74. The number of phenolic OH excluding ortho intramolecular Hbond substituents is 1. The van der Waals surface area contributed by atoms with Crippen molar-refractivity contribution in [3.05, 3.63) is 59.3 Å². The fourth-order valence-corrected chi connectivity index (χ4v) is 2.91. The summed E-state index contributed by atoms with van der Waals surface area (Å²) in [4.78, 5) is 12.9. The Morgan fingerprint density at radius 3 is 2.72 bits per heavy atom. The zero-order chi connectivity index (χ0) is 22.7. The number of aryl methyl sites for hydroxylation is 1. The van der Waals surface area contributed by atoms with Crippen molar-refractivity contribution in [1.29, 1.82) is 0 Å². The first-order valence-corrected chi connectivity index (χ1v) is 9.30. The maximum Gasteiger partial charge on any atom is 0.294 e. The smallest absolute Gasteiger partial charge is 0.294 e. The average Bonchev–Trinajstić information content (AvgIpc) is 3.41. The van der Waals surface area contributed by atoms with Gasteiger partial charge >= 0.3 is 0 Å². The van der Waals surface area contributed by atoms with Crippen LogP contribution in [0.3, 0.4) is 0 Å². The zero-order valence-corrected chi connectivity index (χ0v) is 17.1. The molecule has 4 rings (SSSR count). The van der Waals surface area contributed by atoms with Crippen molar-refractivity contribution in [3.8, 4) is 28.6 Å². The lowest BCUT2D eigenvalue weighted by Gasteiger charge is -2.06. The van der Waals surface area contributed by atoms with Gasteiger partial charge in [-0.05, 0) is 29.4 Å². The predicted octanol–water partition coefficient (Wildman–Crippen LogP) is 1.69. The van der Waals surface area contributed by atoms with E-state index < -0.39 is 5.91 Å². The van der Waals surface area contributed by atoms with Gasteiger partial charge in [0.2, 0.25) is 11.6 Å². The minimum absolute atomic E-state index is 0.0123. The molecule has 0 unspecified atom stereocenters. The number of hydrogen-bond donors (Lipinski definition) is 3. The highest BCUT2D eigenvalue weighted by Crippen LogP contribution is 2.28. The molecule has 0 saturated heterocycles. The maximum absolute atomic E-state index is 12.9. The van der Waals surface area contributed by atoms with E-state index in [-0.39, 0.29) is 28.8 Å². The summed E-state index contributed by atoms with van der Waals surface area (Å²) in [6, 6.07) is 12.3. The van der Waals surface area contributed by atoms with Gasteiger partial charge in [-0.3, -0.25) is 4.79 Å². The highest BCUT2D eigenvalue weighted by Gasteiger charge is 2.25. The highest BCUT2D eigenvalue weighted by atomic mass is 16.6. The topological polar surface area (TPSA) is 167 Å². The minimum Gasteiger partial charge on any atom is -0.504 e. The normalized spacial score (nSPS) is 11.1. The SMILES string of the molecule is COc1cccc(/C=N/NC(=O)c2nnn(-c3nonc3N)c2-c2ccc(C)cc2)c1O. The molecule has 0 aliphatic heterocycles. The Balaban J connectivity index is 1.67. The van der Waals surface area contributed by atoms with Crippen LogP contribution in [0.25, 0.3) is 17.1 Å². The summed E-state index contributed by atoms with van der Waals surface area (Å²) in [6.07, 6.45) is 1.28. The molecule has 0 bridgehead atoms. The lowest BCUT2D eigenvalue weighted by molar-refractivity contribution is 0.0950. The monoisotopic (exact) mass is 434 g/mol. The van der Waals surface area contributed by atoms with Crippen LogP contribution in [0.1, 0.15) is 21.6 Å². The van der Waals surface area contributed by atoms with E-state index in [2.05, 4.69) is 35.8 Å². The first-order chi connectivity index (χ1) is 15.5.